The minimum atomic E-state index is -0.192. The Balaban J connectivity index is 1.77. The summed E-state index contributed by atoms with van der Waals surface area (Å²) in [6, 6.07) is 7.16. The first-order chi connectivity index (χ1) is 12.9. The third-order valence-corrected chi connectivity index (χ3v) is 4.70. The molecule has 0 unspecified atom stereocenters. The molecule has 0 aliphatic carbocycles. The van der Waals surface area contributed by atoms with Gasteiger partial charge in [0.05, 0.1) is 23.1 Å². The summed E-state index contributed by atoms with van der Waals surface area (Å²) in [6.07, 6.45) is 0.920. The Morgan fingerprint density at radius 3 is 2.67 bits per heavy atom. The van der Waals surface area contributed by atoms with Gasteiger partial charge in [-0.3, -0.25) is 9.59 Å². The summed E-state index contributed by atoms with van der Waals surface area (Å²) in [4.78, 5) is 34.1. The lowest BCUT2D eigenvalue weighted by Gasteiger charge is -2.26. The van der Waals surface area contributed by atoms with E-state index in [9.17, 15) is 9.59 Å². The monoisotopic (exact) mass is 368 g/mol. The molecule has 142 valence electrons. The molecule has 0 aliphatic heterocycles. The Labute approximate surface area is 157 Å². The van der Waals surface area contributed by atoms with Gasteiger partial charge in [0, 0.05) is 18.0 Å². The van der Waals surface area contributed by atoms with Crippen LogP contribution < -0.4 is 5.56 Å². The molecule has 3 rings (SSSR count). The number of hydrogen-bond donors (Lipinski definition) is 1. The van der Waals surface area contributed by atoms with Gasteiger partial charge in [-0.25, -0.2) is 4.98 Å². The van der Waals surface area contributed by atoms with Gasteiger partial charge in [0.15, 0.2) is 0 Å². The summed E-state index contributed by atoms with van der Waals surface area (Å²) in [5.74, 6) is 1.23. The van der Waals surface area contributed by atoms with Gasteiger partial charge in [0.25, 0.3) is 5.56 Å². The highest BCUT2D eigenvalue weighted by Gasteiger charge is 2.20. The number of nitrogens with zero attached hydrogens (tertiary/aromatic N) is 3. The van der Waals surface area contributed by atoms with E-state index in [0.717, 1.165) is 17.0 Å². The van der Waals surface area contributed by atoms with Gasteiger partial charge in [-0.1, -0.05) is 17.3 Å². The van der Waals surface area contributed by atoms with Crippen molar-refractivity contribution in [1.29, 1.82) is 0 Å². The van der Waals surface area contributed by atoms with E-state index in [1.807, 2.05) is 33.8 Å². The van der Waals surface area contributed by atoms with Crippen molar-refractivity contribution in [1.82, 2.24) is 20.0 Å². The molecule has 0 saturated heterocycles. The average molecular weight is 368 g/mol. The van der Waals surface area contributed by atoms with Crippen LogP contribution in [0.3, 0.4) is 0 Å². The van der Waals surface area contributed by atoms with Crippen molar-refractivity contribution in [2.75, 3.05) is 0 Å². The number of aromatic nitrogens is 3. The first-order valence-corrected chi connectivity index (χ1v) is 9.06. The molecule has 2 aromatic heterocycles. The first-order valence-electron chi connectivity index (χ1n) is 9.06. The van der Waals surface area contributed by atoms with E-state index in [-0.39, 0.29) is 24.1 Å². The number of rotatable bonds is 6. The average Bonchev–Trinajstić information content (AvgIpc) is 2.95. The van der Waals surface area contributed by atoms with E-state index in [1.165, 1.54) is 0 Å². The quantitative estimate of drug-likeness (QED) is 0.722. The normalized spacial score (nSPS) is 11.3. The topological polar surface area (TPSA) is 92.1 Å². The van der Waals surface area contributed by atoms with Crippen LogP contribution in [0, 0.1) is 13.8 Å². The molecule has 0 fully saturated rings. The Kier molecular flexibility index (Phi) is 5.39. The molecule has 1 amide bonds. The van der Waals surface area contributed by atoms with Crippen molar-refractivity contribution < 1.29 is 9.32 Å². The highest BCUT2D eigenvalue weighted by molar-refractivity contribution is 5.78. The summed E-state index contributed by atoms with van der Waals surface area (Å²) < 4.78 is 5.16. The minimum absolute atomic E-state index is 0.000748. The summed E-state index contributed by atoms with van der Waals surface area (Å²) >= 11 is 0. The van der Waals surface area contributed by atoms with Gasteiger partial charge in [-0.15, -0.1) is 0 Å². The van der Waals surface area contributed by atoms with Crippen molar-refractivity contribution in [3.05, 3.63) is 57.5 Å². The molecule has 0 radical (unpaired) electrons. The zero-order valence-electron chi connectivity index (χ0n) is 16.1. The molecule has 1 aromatic carbocycles. The second kappa shape index (κ2) is 7.73. The van der Waals surface area contributed by atoms with Crippen molar-refractivity contribution in [2.24, 2.45) is 0 Å². The molecule has 7 nitrogen and oxygen atoms in total. The van der Waals surface area contributed by atoms with Crippen LogP contribution in [0.1, 0.15) is 43.1 Å². The second-order valence-corrected chi connectivity index (χ2v) is 6.95. The van der Waals surface area contributed by atoms with Crippen LogP contribution in [0.4, 0.5) is 0 Å². The van der Waals surface area contributed by atoms with Crippen LogP contribution in [0.5, 0.6) is 0 Å². The van der Waals surface area contributed by atoms with E-state index in [2.05, 4.69) is 15.1 Å². The molecule has 3 aromatic rings. The van der Waals surface area contributed by atoms with E-state index in [4.69, 9.17) is 4.52 Å². The number of benzene rings is 1. The molecule has 0 bridgehead atoms. The maximum absolute atomic E-state index is 12.8. The number of carbonyl (C=O) groups is 1. The molecule has 0 saturated carbocycles. The number of hydrogen-bond acceptors (Lipinski definition) is 5. The van der Waals surface area contributed by atoms with E-state index < -0.39 is 0 Å². The van der Waals surface area contributed by atoms with Crippen LogP contribution in [0.25, 0.3) is 10.9 Å². The zero-order chi connectivity index (χ0) is 19.6. The predicted molar refractivity (Wildman–Crippen MR) is 102 cm³/mol. The minimum Gasteiger partial charge on any atom is -0.361 e. The Hall–Kier alpha value is -2.96. The molecule has 2 heterocycles. The fraction of sp³-hybridized carbons (Fsp3) is 0.400. The van der Waals surface area contributed by atoms with Gasteiger partial charge >= 0.3 is 0 Å². The number of aromatic amines is 1. The summed E-state index contributed by atoms with van der Waals surface area (Å²) in [5, 5.41) is 4.47. The summed E-state index contributed by atoms with van der Waals surface area (Å²) in [7, 11) is 0. The van der Waals surface area contributed by atoms with Crippen LogP contribution in [0.15, 0.2) is 33.6 Å². The smallest absolute Gasteiger partial charge is 0.258 e. The maximum atomic E-state index is 12.8. The number of para-hydroxylation sites is 1. The lowest BCUT2D eigenvalue weighted by molar-refractivity contribution is -0.133. The number of aryl methyl sites for hydroxylation is 2. The number of nitrogens with one attached hydrogen (secondary N) is 1. The Bertz CT molecular complexity index is 1000. The van der Waals surface area contributed by atoms with Crippen molar-refractivity contribution >= 4 is 16.8 Å². The van der Waals surface area contributed by atoms with Crippen LogP contribution in [-0.2, 0) is 17.8 Å². The zero-order valence-corrected chi connectivity index (χ0v) is 16.1. The fourth-order valence-corrected chi connectivity index (χ4v) is 3.16. The third-order valence-electron chi connectivity index (χ3n) is 4.70. The molecular weight excluding hydrogens is 344 g/mol. The van der Waals surface area contributed by atoms with Crippen LogP contribution in [-0.4, -0.2) is 32.0 Å². The number of carbonyl (C=O) groups excluding carboxylic acids is 1. The lowest BCUT2D eigenvalue weighted by atomic mass is 10.1. The SMILES string of the molecule is Cc1noc(C)c1CCC(=O)N(Cc1nc2ccccc2c(=O)[nH]1)C(C)C. The van der Waals surface area contributed by atoms with Gasteiger partial charge in [-0.05, 0) is 46.2 Å². The Morgan fingerprint density at radius 2 is 2.00 bits per heavy atom. The summed E-state index contributed by atoms with van der Waals surface area (Å²) in [5.41, 5.74) is 2.23. The summed E-state index contributed by atoms with van der Waals surface area (Å²) in [6.45, 7) is 7.89. The molecule has 7 heteroatoms. The molecule has 1 N–H and O–H groups in total. The van der Waals surface area contributed by atoms with Crippen LogP contribution in [0.2, 0.25) is 0 Å². The van der Waals surface area contributed by atoms with Gasteiger partial charge < -0.3 is 14.4 Å². The maximum Gasteiger partial charge on any atom is 0.258 e. The number of amides is 1. The van der Waals surface area contributed by atoms with Crippen molar-refractivity contribution in [3.63, 3.8) is 0 Å². The van der Waals surface area contributed by atoms with Gasteiger partial charge in [-0.2, -0.15) is 0 Å². The fourth-order valence-electron chi connectivity index (χ4n) is 3.16. The van der Waals surface area contributed by atoms with Crippen LogP contribution >= 0.6 is 0 Å². The van der Waals surface area contributed by atoms with Gasteiger partial charge in [0.2, 0.25) is 5.91 Å². The number of fused-ring (bicyclic) bond motifs is 1. The lowest BCUT2D eigenvalue weighted by Crippen LogP contribution is -2.37. The molecule has 27 heavy (non-hydrogen) atoms. The Morgan fingerprint density at radius 1 is 1.26 bits per heavy atom. The predicted octanol–water partition coefficient (Wildman–Crippen LogP) is 2.90. The molecule has 0 atom stereocenters. The van der Waals surface area contributed by atoms with E-state index in [1.54, 1.807) is 23.1 Å². The second-order valence-electron chi connectivity index (χ2n) is 6.95. The standard InChI is InChI=1S/C20H24N4O3/c1-12(2)24(19(25)10-9-15-13(3)23-27-14(15)4)11-18-21-17-8-6-5-7-16(17)20(26)22-18/h5-8,12H,9-11H2,1-4H3,(H,21,22,26). The highest BCUT2D eigenvalue weighted by atomic mass is 16.5. The first kappa shape index (κ1) is 18.8. The highest BCUT2D eigenvalue weighted by Crippen LogP contribution is 2.16. The van der Waals surface area contributed by atoms with Crippen molar-refractivity contribution in [2.45, 2.75) is 53.1 Å². The molecule has 0 spiro atoms. The third kappa shape index (κ3) is 4.07. The largest absolute Gasteiger partial charge is 0.361 e. The molecule has 0 aliphatic rings. The van der Waals surface area contributed by atoms with E-state index in [0.29, 0.717) is 29.6 Å². The van der Waals surface area contributed by atoms with Gasteiger partial charge in [0.1, 0.15) is 11.6 Å². The molecular formula is C20H24N4O3. The van der Waals surface area contributed by atoms with E-state index >= 15 is 0 Å². The van der Waals surface area contributed by atoms with Crippen molar-refractivity contribution in [3.8, 4) is 0 Å². The number of H-pyrrole nitrogens is 1.